The molecule has 0 fully saturated rings. The van der Waals surface area contributed by atoms with Gasteiger partial charge < -0.3 is 15.2 Å². The van der Waals surface area contributed by atoms with E-state index in [2.05, 4.69) is 10.6 Å². The van der Waals surface area contributed by atoms with Gasteiger partial charge in [-0.05, 0) is 42.1 Å². The number of nitrogens with one attached hydrogen (secondary N) is 2. The number of thiophene rings is 1. The van der Waals surface area contributed by atoms with Crippen LogP contribution in [0.5, 0.6) is 5.75 Å². The van der Waals surface area contributed by atoms with Crippen LogP contribution < -0.4 is 15.4 Å². The molecule has 0 spiro atoms. The molecule has 5 nitrogen and oxygen atoms in total. The van der Waals surface area contributed by atoms with Gasteiger partial charge in [0.25, 0.3) is 0 Å². The largest absolute Gasteiger partial charge is 0.497 e. The minimum Gasteiger partial charge on any atom is -0.497 e. The van der Waals surface area contributed by atoms with Crippen LogP contribution in [-0.2, 0) is 6.42 Å². The second-order valence-electron chi connectivity index (χ2n) is 5.31. The maximum Gasteiger partial charge on any atom is 0.319 e. The highest BCUT2D eigenvalue weighted by Crippen LogP contribution is 2.17. The lowest BCUT2D eigenvalue weighted by atomic mass is 9.96. The molecule has 2 rings (SSSR count). The number of carbonyl (C=O) groups excluding carboxylic acids is 1. The normalized spacial score (nSPS) is 13.2. The number of aliphatic hydroxyl groups is 1. The van der Waals surface area contributed by atoms with E-state index in [1.165, 1.54) is 11.3 Å². The van der Waals surface area contributed by atoms with Crippen LogP contribution >= 0.6 is 11.3 Å². The Kier molecular flexibility index (Phi) is 5.41. The van der Waals surface area contributed by atoms with Crippen molar-refractivity contribution in [3.8, 4) is 5.75 Å². The number of anilines is 1. The van der Waals surface area contributed by atoms with Crippen molar-refractivity contribution >= 4 is 22.4 Å². The summed E-state index contributed by atoms with van der Waals surface area (Å²) in [4.78, 5) is 11.7. The fourth-order valence-electron chi connectivity index (χ4n) is 2.02. The van der Waals surface area contributed by atoms with Gasteiger partial charge in [-0.25, -0.2) is 4.79 Å². The molecule has 0 radical (unpaired) electrons. The van der Waals surface area contributed by atoms with Crippen molar-refractivity contribution in [2.45, 2.75) is 18.9 Å². The molecule has 6 heteroatoms. The Morgan fingerprint density at radius 1 is 1.32 bits per heavy atom. The standard InChI is InChI=1S/C16H20N2O3S/c1-16(20,10-12-5-7-13(21-2)8-6-12)11-17-15(19)18-14-4-3-9-22-14/h3-9,20H,10-11H2,1-2H3,(H2,17,18,19)/t16-/m1/s1. The van der Waals surface area contributed by atoms with E-state index in [0.29, 0.717) is 6.42 Å². The molecular formula is C16H20N2O3S. The Morgan fingerprint density at radius 3 is 2.64 bits per heavy atom. The Bertz CT molecular complexity index is 594. The number of rotatable bonds is 6. The van der Waals surface area contributed by atoms with Crippen LogP contribution in [0.3, 0.4) is 0 Å². The molecule has 2 aromatic rings. The van der Waals surface area contributed by atoms with Crippen LogP contribution in [0.15, 0.2) is 41.8 Å². The maximum absolute atomic E-state index is 11.7. The summed E-state index contributed by atoms with van der Waals surface area (Å²) >= 11 is 1.44. The van der Waals surface area contributed by atoms with E-state index in [4.69, 9.17) is 4.74 Å². The maximum atomic E-state index is 11.7. The van der Waals surface area contributed by atoms with Gasteiger partial charge in [-0.2, -0.15) is 0 Å². The fourth-order valence-corrected chi connectivity index (χ4v) is 2.63. The van der Waals surface area contributed by atoms with Gasteiger partial charge in [0.15, 0.2) is 0 Å². The molecule has 0 bridgehead atoms. The molecule has 3 N–H and O–H groups in total. The van der Waals surface area contributed by atoms with Gasteiger partial charge in [0.05, 0.1) is 17.7 Å². The molecule has 0 saturated heterocycles. The lowest BCUT2D eigenvalue weighted by molar-refractivity contribution is 0.0629. The Morgan fingerprint density at radius 2 is 2.05 bits per heavy atom. The molecule has 1 aromatic carbocycles. The highest BCUT2D eigenvalue weighted by atomic mass is 32.1. The average molecular weight is 320 g/mol. The molecule has 1 atom stereocenters. The first-order valence-electron chi connectivity index (χ1n) is 6.92. The predicted molar refractivity (Wildman–Crippen MR) is 88.7 cm³/mol. The summed E-state index contributed by atoms with van der Waals surface area (Å²) in [6, 6.07) is 10.9. The second-order valence-corrected chi connectivity index (χ2v) is 6.25. The van der Waals surface area contributed by atoms with Crippen LogP contribution in [0.25, 0.3) is 0 Å². The molecule has 0 aliphatic heterocycles. The number of hydrogen-bond acceptors (Lipinski definition) is 4. The smallest absolute Gasteiger partial charge is 0.319 e. The third-order valence-corrected chi connectivity index (χ3v) is 3.92. The van der Waals surface area contributed by atoms with E-state index >= 15 is 0 Å². The summed E-state index contributed by atoms with van der Waals surface area (Å²) in [6.45, 7) is 1.86. The number of hydrogen-bond donors (Lipinski definition) is 3. The zero-order valence-corrected chi connectivity index (χ0v) is 13.4. The van der Waals surface area contributed by atoms with Gasteiger partial charge in [0.2, 0.25) is 0 Å². The van der Waals surface area contributed by atoms with Crippen LogP contribution in [0.4, 0.5) is 9.80 Å². The third kappa shape index (κ3) is 5.05. The SMILES string of the molecule is COc1ccc(C[C@@](C)(O)CNC(=O)Nc2cccs2)cc1. The summed E-state index contributed by atoms with van der Waals surface area (Å²) in [5.74, 6) is 0.775. The number of ether oxygens (including phenoxy) is 1. The number of urea groups is 1. The van der Waals surface area contributed by atoms with Gasteiger partial charge in [-0.15, -0.1) is 11.3 Å². The summed E-state index contributed by atoms with van der Waals surface area (Å²) in [7, 11) is 1.61. The van der Waals surface area contributed by atoms with Gasteiger partial charge in [0, 0.05) is 13.0 Å². The summed E-state index contributed by atoms with van der Waals surface area (Å²) < 4.78 is 5.10. The van der Waals surface area contributed by atoms with Crippen molar-refractivity contribution in [1.82, 2.24) is 5.32 Å². The Balaban J connectivity index is 1.83. The van der Waals surface area contributed by atoms with Crippen LogP contribution in [0.2, 0.25) is 0 Å². The Hall–Kier alpha value is -2.05. The van der Waals surface area contributed by atoms with Crippen LogP contribution in [0, 0.1) is 0 Å². The molecular weight excluding hydrogens is 300 g/mol. The van der Waals surface area contributed by atoms with E-state index < -0.39 is 5.60 Å². The highest BCUT2D eigenvalue weighted by molar-refractivity contribution is 7.14. The molecule has 1 heterocycles. The van der Waals surface area contributed by atoms with Crippen LogP contribution in [-0.4, -0.2) is 30.4 Å². The quantitative estimate of drug-likeness (QED) is 0.766. The lowest BCUT2D eigenvalue weighted by Gasteiger charge is -2.24. The zero-order valence-electron chi connectivity index (χ0n) is 12.6. The van der Waals surface area contributed by atoms with Crippen molar-refractivity contribution in [2.24, 2.45) is 0 Å². The molecule has 0 aliphatic rings. The summed E-state index contributed by atoms with van der Waals surface area (Å²) in [6.07, 6.45) is 0.441. The molecule has 0 aliphatic carbocycles. The molecule has 0 unspecified atom stereocenters. The van der Waals surface area contributed by atoms with Crippen molar-refractivity contribution in [3.63, 3.8) is 0 Å². The molecule has 22 heavy (non-hydrogen) atoms. The fraction of sp³-hybridized carbons (Fsp3) is 0.312. The number of amides is 2. The molecule has 118 valence electrons. The summed E-state index contributed by atoms with van der Waals surface area (Å²) in [5.41, 5.74) is -0.0484. The van der Waals surface area contributed by atoms with E-state index in [9.17, 15) is 9.90 Å². The van der Waals surface area contributed by atoms with Crippen molar-refractivity contribution in [1.29, 1.82) is 0 Å². The van der Waals surface area contributed by atoms with E-state index in [0.717, 1.165) is 16.3 Å². The minimum absolute atomic E-state index is 0.163. The first kappa shape index (κ1) is 16.3. The van der Waals surface area contributed by atoms with Gasteiger partial charge >= 0.3 is 6.03 Å². The zero-order chi connectivity index (χ0) is 16.0. The molecule has 0 saturated carbocycles. The average Bonchev–Trinajstić information content (AvgIpc) is 2.99. The van der Waals surface area contributed by atoms with Crippen molar-refractivity contribution < 1.29 is 14.6 Å². The number of carbonyl (C=O) groups is 1. The molecule has 2 amide bonds. The van der Waals surface area contributed by atoms with Crippen molar-refractivity contribution in [3.05, 3.63) is 47.3 Å². The number of methoxy groups -OCH3 is 1. The van der Waals surface area contributed by atoms with Gasteiger partial charge in [0.1, 0.15) is 5.75 Å². The second kappa shape index (κ2) is 7.29. The van der Waals surface area contributed by atoms with Gasteiger partial charge in [-0.3, -0.25) is 5.32 Å². The first-order chi connectivity index (χ1) is 10.5. The number of benzene rings is 1. The topological polar surface area (TPSA) is 70.6 Å². The molecule has 1 aromatic heterocycles. The van der Waals surface area contributed by atoms with E-state index in [1.54, 1.807) is 14.0 Å². The van der Waals surface area contributed by atoms with Crippen LogP contribution in [0.1, 0.15) is 12.5 Å². The Labute approximate surface area is 133 Å². The summed E-state index contributed by atoms with van der Waals surface area (Å²) in [5, 5.41) is 18.5. The highest BCUT2D eigenvalue weighted by Gasteiger charge is 2.22. The van der Waals surface area contributed by atoms with Crippen molar-refractivity contribution in [2.75, 3.05) is 19.0 Å². The predicted octanol–water partition coefficient (Wildman–Crippen LogP) is 2.87. The van der Waals surface area contributed by atoms with Gasteiger partial charge in [-0.1, -0.05) is 12.1 Å². The first-order valence-corrected chi connectivity index (χ1v) is 7.80. The third-order valence-electron chi connectivity index (χ3n) is 3.13. The van der Waals surface area contributed by atoms with E-state index in [1.807, 2.05) is 41.8 Å². The minimum atomic E-state index is -1.03. The van der Waals surface area contributed by atoms with E-state index in [-0.39, 0.29) is 12.6 Å². The monoisotopic (exact) mass is 320 g/mol. The lowest BCUT2D eigenvalue weighted by Crippen LogP contribution is -2.43.